The number of amides is 1. The van der Waals surface area contributed by atoms with Gasteiger partial charge in [0.15, 0.2) is 6.10 Å². The van der Waals surface area contributed by atoms with Crippen LogP contribution in [-0.4, -0.2) is 43.1 Å². The Balaban J connectivity index is 1.75. The van der Waals surface area contributed by atoms with E-state index < -0.39 is 6.10 Å². The van der Waals surface area contributed by atoms with E-state index in [9.17, 15) is 4.79 Å². The predicted octanol–water partition coefficient (Wildman–Crippen LogP) is 3.95. The van der Waals surface area contributed by atoms with Crippen molar-refractivity contribution >= 4 is 5.91 Å². The molecule has 4 nitrogen and oxygen atoms in total. The van der Waals surface area contributed by atoms with Gasteiger partial charge in [-0.1, -0.05) is 32.9 Å². The van der Waals surface area contributed by atoms with Crippen LogP contribution < -0.4 is 10.1 Å². The molecule has 0 aliphatic carbocycles. The Morgan fingerprint density at radius 2 is 1.96 bits per heavy atom. The van der Waals surface area contributed by atoms with Gasteiger partial charge in [-0.05, 0) is 68.7 Å². The van der Waals surface area contributed by atoms with E-state index in [1.165, 1.54) is 19.5 Å². The molecule has 1 saturated heterocycles. The van der Waals surface area contributed by atoms with Crippen LogP contribution in [-0.2, 0) is 4.79 Å². The fraction of sp³-hybridized carbons (Fsp3) is 0.682. The molecule has 0 radical (unpaired) electrons. The number of aryl methyl sites for hydroxylation is 2. The molecule has 1 aliphatic rings. The number of likely N-dealkylation sites (tertiary alicyclic amines) is 1. The van der Waals surface area contributed by atoms with Gasteiger partial charge in [0.05, 0.1) is 0 Å². The van der Waals surface area contributed by atoms with E-state index >= 15 is 0 Å². The van der Waals surface area contributed by atoms with Crippen molar-refractivity contribution in [2.45, 2.75) is 60.0 Å². The molecule has 1 aliphatic heterocycles. The second-order valence-electron chi connectivity index (χ2n) is 8.13. The highest BCUT2D eigenvalue weighted by atomic mass is 16.5. The highest BCUT2D eigenvalue weighted by molar-refractivity contribution is 5.81. The minimum absolute atomic E-state index is 0.00575. The first kappa shape index (κ1) is 20.8. The zero-order valence-electron chi connectivity index (χ0n) is 17.2. The molecule has 1 fully saturated rings. The Morgan fingerprint density at radius 3 is 2.62 bits per heavy atom. The van der Waals surface area contributed by atoms with Crippen LogP contribution in [0.25, 0.3) is 0 Å². The summed E-state index contributed by atoms with van der Waals surface area (Å²) in [4.78, 5) is 15.0. The highest BCUT2D eigenvalue weighted by Crippen LogP contribution is 2.22. The number of piperidine rings is 1. The van der Waals surface area contributed by atoms with Gasteiger partial charge in [-0.2, -0.15) is 0 Å². The Morgan fingerprint density at radius 1 is 1.27 bits per heavy atom. The van der Waals surface area contributed by atoms with E-state index in [1.54, 1.807) is 0 Å². The van der Waals surface area contributed by atoms with Crippen molar-refractivity contribution in [3.8, 4) is 5.75 Å². The number of ether oxygens (including phenoxy) is 1. The molecule has 1 heterocycles. The SMILES string of the molecule is CC[C@@H](Oc1cc(C)ccc1C)C(=O)NCCCN1C[C@H](C)C[C@@H](C)C1. The Kier molecular flexibility index (Phi) is 7.95. The summed E-state index contributed by atoms with van der Waals surface area (Å²) in [5.41, 5.74) is 2.21. The van der Waals surface area contributed by atoms with Gasteiger partial charge in [0.2, 0.25) is 0 Å². The number of nitrogens with zero attached hydrogens (tertiary/aromatic N) is 1. The second kappa shape index (κ2) is 9.96. The average molecular weight is 361 g/mol. The first-order valence-corrected chi connectivity index (χ1v) is 10.1. The van der Waals surface area contributed by atoms with Gasteiger partial charge in [-0.25, -0.2) is 0 Å². The first-order valence-electron chi connectivity index (χ1n) is 10.1. The molecular formula is C22H36N2O2. The van der Waals surface area contributed by atoms with Crippen molar-refractivity contribution in [3.05, 3.63) is 29.3 Å². The van der Waals surface area contributed by atoms with E-state index in [1.807, 2.05) is 32.9 Å². The average Bonchev–Trinajstić information content (AvgIpc) is 2.58. The van der Waals surface area contributed by atoms with Crippen molar-refractivity contribution in [2.75, 3.05) is 26.2 Å². The number of carbonyl (C=O) groups excluding carboxylic acids is 1. The summed E-state index contributed by atoms with van der Waals surface area (Å²) in [7, 11) is 0. The van der Waals surface area contributed by atoms with E-state index in [0.29, 0.717) is 13.0 Å². The smallest absolute Gasteiger partial charge is 0.261 e. The summed E-state index contributed by atoms with van der Waals surface area (Å²) in [5.74, 6) is 2.37. The summed E-state index contributed by atoms with van der Waals surface area (Å²) in [6.45, 7) is 14.9. The van der Waals surface area contributed by atoms with E-state index in [2.05, 4.69) is 30.1 Å². The maximum absolute atomic E-state index is 12.5. The summed E-state index contributed by atoms with van der Waals surface area (Å²) < 4.78 is 5.99. The number of nitrogens with one attached hydrogen (secondary N) is 1. The van der Waals surface area contributed by atoms with Crippen LogP contribution in [0.15, 0.2) is 18.2 Å². The van der Waals surface area contributed by atoms with Crippen LogP contribution >= 0.6 is 0 Å². The molecule has 26 heavy (non-hydrogen) atoms. The third kappa shape index (κ3) is 6.31. The summed E-state index contributed by atoms with van der Waals surface area (Å²) in [6, 6.07) is 6.10. The normalized spacial score (nSPS) is 22.0. The number of benzene rings is 1. The maximum atomic E-state index is 12.5. The Hall–Kier alpha value is -1.55. The second-order valence-corrected chi connectivity index (χ2v) is 8.13. The van der Waals surface area contributed by atoms with E-state index in [4.69, 9.17) is 4.74 Å². The van der Waals surface area contributed by atoms with Crippen LogP contribution in [0.5, 0.6) is 5.75 Å². The molecule has 2 rings (SSSR count). The maximum Gasteiger partial charge on any atom is 0.261 e. The largest absolute Gasteiger partial charge is 0.480 e. The lowest BCUT2D eigenvalue weighted by Crippen LogP contribution is -2.42. The van der Waals surface area contributed by atoms with Crippen LogP contribution in [0.1, 0.15) is 51.2 Å². The third-order valence-corrected chi connectivity index (χ3v) is 5.17. The Bertz CT molecular complexity index is 578. The van der Waals surface area contributed by atoms with Gasteiger partial charge in [0, 0.05) is 19.6 Å². The van der Waals surface area contributed by atoms with Gasteiger partial charge in [0.25, 0.3) is 5.91 Å². The standard InChI is InChI=1S/C22H36N2O2/c1-6-20(26-21-13-16(2)8-9-19(21)5)22(25)23-10-7-11-24-14-17(3)12-18(4)15-24/h8-9,13,17-18,20H,6-7,10-12,14-15H2,1-5H3,(H,23,25)/t17-,18-,20-/m1/s1. The lowest BCUT2D eigenvalue weighted by Gasteiger charge is -2.35. The van der Waals surface area contributed by atoms with Gasteiger partial charge in [0.1, 0.15) is 5.75 Å². The molecule has 1 N–H and O–H groups in total. The summed E-state index contributed by atoms with van der Waals surface area (Å²) >= 11 is 0. The van der Waals surface area contributed by atoms with Gasteiger partial charge < -0.3 is 15.0 Å². The van der Waals surface area contributed by atoms with Crippen molar-refractivity contribution in [1.29, 1.82) is 0 Å². The lowest BCUT2D eigenvalue weighted by atomic mass is 9.92. The number of hydrogen-bond donors (Lipinski definition) is 1. The fourth-order valence-electron chi connectivity index (χ4n) is 3.91. The van der Waals surface area contributed by atoms with Gasteiger partial charge >= 0.3 is 0 Å². The van der Waals surface area contributed by atoms with Crippen LogP contribution in [0.4, 0.5) is 0 Å². The first-order chi connectivity index (χ1) is 12.4. The van der Waals surface area contributed by atoms with Crippen molar-refractivity contribution in [1.82, 2.24) is 10.2 Å². The monoisotopic (exact) mass is 360 g/mol. The van der Waals surface area contributed by atoms with Gasteiger partial charge in [-0.15, -0.1) is 0 Å². The summed E-state index contributed by atoms with van der Waals surface area (Å²) in [6.07, 6.45) is 2.57. The number of hydrogen-bond acceptors (Lipinski definition) is 3. The molecule has 0 saturated carbocycles. The number of rotatable bonds is 8. The molecule has 0 unspecified atom stereocenters. The highest BCUT2D eigenvalue weighted by Gasteiger charge is 2.22. The molecule has 0 spiro atoms. The molecule has 4 heteroatoms. The molecule has 1 aromatic rings. The van der Waals surface area contributed by atoms with Crippen molar-refractivity contribution < 1.29 is 9.53 Å². The topological polar surface area (TPSA) is 41.6 Å². The quantitative estimate of drug-likeness (QED) is 0.714. The van der Waals surface area contributed by atoms with Crippen molar-refractivity contribution in [2.24, 2.45) is 11.8 Å². The Labute approximate surface area is 159 Å². The van der Waals surface area contributed by atoms with Crippen LogP contribution in [0.3, 0.4) is 0 Å². The molecule has 0 bridgehead atoms. The molecule has 1 amide bonds. The predicted molar refractivity (Wildman–Crippen MR) is 108 cm³/mol. The zero-order chi connectivity index (χ0) is 19.1. The van der Waals surface area contributed by atoms with Crippen LogP contribution in [0, 0.1) is 25.7 Å². The molecular weight excluding hydrogens is 324 g/mol. The zero-order valence-corrected chi connectivity index (χ0v) is 17.2. The van der Waals surface area contributed by atoms with E-state index in [-0.39, 0.29) is 5.91 Å². The molecule has 146 valence electrons. The molecule has 1 aromatic carbocycles. The van der Waals surface area contributed by atoms with Crippen LogP contribution in [0.2, 0.25) is 0 Å². The lowest BCUT2D eigenvalue weighted by molar-refractivity contribution is -0.128. The minimum atomic E-state index is -0.425. The number of carbonyl (C=O) groups is 1. The molecule has 0 aromatic heterocycles. The van der Waals surface area contributed by atoms with Gasteiger partial charge in [-0.3, -0.25) is 4.79 Å². The van der Waals surface area contributed by atoms with E-state index in [0.717, 1.165) is 41.7 Å². The fourth-order valence-corrected chi connectivity index (χ4v) is 3.91. The molecule has 3 atom stereocenters. The van der Waals surface area contributed by atoms with Crippen molar-refractivity contribution in [3.63, 3.8) is 0 Å². The summed E-state index contributed by atoms with van der Waals surface area (Å²) in [5, 5.41) is 3.06. The minimum Gasteiger partial charge on any atom is -0.480 e. The third-order valence-electron chi connectivity index (χ3n) is 5.17.